The van der Waals surface area contributed by atoms with E-state index in [1.807, 2.05) is 6.08 Å². The van der Waals surface area contributed by atoms with Crippen LogP contribution in [0, 0.1) is 0 Å². The summed E-state index contributed by atoms with van der Waals surface area (Å²) in [6.45, 7) is 4.66. The normalized spacial score (nSPS) is 10.6. The molecule has 0 unspecified atom stereocenters. The van der Waals surface area contributed by atoms with Crippen LogP contribution >= 0.6 is 0 Å². The first kappa shape index (κ1) is 25.9. The summed E-state index contributed by atoms with van der Waals surface area (Å²) in [6.07, 6.45) is 1.88. The van der Waals surface area contributed by atoms with Crippen molar-refractivity contribution in [2.45, 2.75) is 6.54 Å². The average Bonchev–Trinajstić information content (AvgIpc) is 3.06. The first-order valence-electron chi connectivity index (χ1n) is 13.9. The summed E-state index contributed by atoms with van der Waals surface area (Å²) < 4.78 is 0. The molecule has 198 valence electrons. The number of hydrogen-bond donors (Lipinski definition) is 0. The standard InChI is InChI=1S/C39H32N2/c1-2-31-18-20-32(21-19-31)30-40(35-12-6-3-7-13-35)36-26-22-33(23-27-36)34-24-28-39(29-25-34)41(37-14-8-4-9-15-37)38-16-10-5-11-17-38/h2-29H,1,30H2. The maximum absolute atomic E-state index is 3.88. The van der Waals surface area contributed by atoms with Gasteiger partial charge in [0, 0.05) is 35.0 Å². The predicted octanol–water partition coefficient (Wildman–Crippen LogP) is 10.8. The third-order valence-corrected chi connectivity index (χ3v) is 7.29. The van der Waals surface area contributed by atoms with E-state index >= 15 is 0 Å². The molecule has 0 spiro atoms. The molecule has 2 heteroatoms. The van der Waals surface area contributed by atoms with Gasteiger partial charge in [0.25, 0.3) is 0 Å². The fourth-order valence-electron chi connectivity index (χ4n) is 5.12. The van der Waals surface area contributed by atoms with E-state index in [0.717, 1.165) is 34.9 Å². The molecular formula is C39H32N2. The summed E-state index contributed by atoms with van der Waals surface area (Å²) in [5.41, 5.74) is 10.5. The molecule has 2 nitrogen and oxygen atoms in total. The molecule has 0 bridgehead atoms. The lowest BCUT2D eigenvalue weighted by atomic mass is 10.0. The van der Waals surface area contributed by atoms with E-state index in [1.54, 1.807) is 0 Å². The van der Waals surface area contributed by atoms with Crippen molar-refractivity contribution >= 4 is 34.5 Å². The van der Waals surface area contributed by atoms with Crippen molar-refractivity contribution in [1.82, 2.24) is 0 Å². The summed E-state index contributed by atoms with van der Waals surface area (Å²) in [4.78, 5) is 4.64. The minimum atomic E-state index is 0.782. The second kappa shape index (κ2) is 12.2. The monoisotopic (exact) mass is 528 g/mol. The van der Waals surface area contributed by atoms with Crippen LogP contribution in [0.25, 0.3) is 17.2 Å². The lowest BCUT2D eigenvalue weighted by molar-refractivity contribution is 0.975. The predicted molar refractivity (Wildman–Crippen MR) is 175 cm³/mol. The van der Waals surface area contributed by atoms with E-state index in [-0.39, 0.29) is 0 Å². The quantitative estimate of drug-likeness (QED) is 0.184. The zero-order chi connectivity index (χ0) is 27.9. The van der Waals surface area contributed by atoms with Crippen molar-refractivity contribution in [2.75, 3.05) is 9.80 Å². The highest BCUT2D eigenvalue weighted by molar-refractivity contribution is 5.78. The molecule has 6 aromatic carbocycles. The van der Waals surface area contributed by atoms with Crippen molar-refractivity contribution < 1.29 is 0 Å². The Kier molecular flexibility index (Phi) is 7.73. The Morgan fingerprint density at radius 2 is 0.805 bits per heavy atom. The molecule has 6 aromatic rings. The van der Waals surface area contributed by atoms with Crippen molar-refractivity contribution in [3.05, 3.63) is 181 Å². The summed E-state index contributed by atoms with van der Waals surface area (Å²) in [5, 5.41) is 0. The van der Waals surface area contributed by atoms with E-state index in [0.29, 0.717) is 0 Å². The molecular weight excluding hydrogens is 496 g/mol. The Labute approximate surface area is 243 Å². The van der Waals surface area contributed by atoms with Crippen LogP contribution in [0.15, 0.2) is 170 Å². The number of anilines is 5. The second-order valence-corrected chi connectivity index (χ2v) is 9.97. The van der Waals surface area contributed by atoms with E-state index in [9.17, 15) is 0 Å². The van der Waals surface area contributed by atoms with Crippen LogP contribution in [0.3, 0.4) is 0 Å². The fourth-order valence-corrected chi connectivity index (χ4v) is 5.12. The van der Waals surface area contributed by atoms with Gasteiger partial charge in [-0.2, -0.15) is 0 Å². The summed E-state index contributed by atoms with van der Waals surface area (Å²) in [5.74, 6) is 0. The van der Waals surface area contributed by atoms with E-state index < -0.39 is 0 Å². The van der Waals surface area contributed by atoms with Crippen LogP contribution in [-0.4, -0.2) is 0 Å². The third kappa shape index (κ3) is 5.98. The van der Waals surface area contributed by atoms with E-state index in [1.165, 1.54) is 22.4 Å². The summed E-state index contributed by atoms with van der Waals surface area (Å²) in [7, 11) is 0. The average molecular weight is 529 g/mol. The van der Waals surface area contributed by atoms with Gasteiger partial charge in [0.2, 0.25) is 0 Å². The summed E-state index contributed by atoms with van der Waals surface area (Å²) in [6, 6.07) is 57.8. The zero-order valence-electron chi connectivity index (χ0n) is 23.0. The zero-order valence-corrected chi connectivity index (χ0v) is 23.0. The lowest BCUT2D eigenvalue weighted by Gasteiger charge is -2.26. The molecule has 0 aromatic heterocycles. The minimum Gasteiger partial charge on any atom is -0.337 e. The number of para-hydroxylation sites is 3. The second-order valence-electron chi connectivity index (χ2n) is 9.97. The Morgan fingerprint density at radius 1 is 0.415 bits per heavy atom. The Bertz CT molecular complexity index is 1640. The van der Waals surface area contributed by atoms with Crippen LogP contribution in [0.5, 0.6) is 0 Å². The number of hydrogen-bond acceptors (Lipinski definition) is 2. The fraction of sp³-hybridized carbons (Fsp3) is 0.0256. The van der Waals surface area contributed by atoms with Gasteiger partial charge in [-0.15, -0.1) is 0 Å². The Balaban J connectivity index is 1.27. The first-order chi connectivity index (χ1) is 20.3. The molecule has 0 atom stereocenters. The van der Waals surface area contributed by atoms with Gasteiger partial charge in [-0.25, -0.2) is 0 Å². The van der Waals surface area contributed by atoms with Crippen molar-refractivity contribution in [1.29, 1.82) is 0 Å². The topological polar surface area (TPSA) is 6.48 Å². The Morgan fingerprint density at radius 3 is 1.27 bits per heavy atom. The van der Waals surface area contributed by atoms with Gasteiger partial charge >= 0.3 is 0 Å². The summed E-state index contributed by atoms with van der Waals surface area (Å²) >= 11 is 0. The molecule has 0 aliphatic rings. The maximum Gasteiger partial charge on any atom is 0.0481 e. The molecule has 0 amide bonds. The smallest absolute Gasteiger partial charge is 0.0481 e. The molecule has 6 rings (SSSR count). The van der Waals surface area contributed by atoms with Crippen LogP contribution in [0.2, 0.25) is 0 Å². The van der Waals surface area contributed by atoms with Crippen LogP contribution < -0.4 is 9.80 Å². The number of rotatable bonds is 9. The van der Waals surface area contributed by atoms with Gasteiger partial charge in [-0.3, -0.25) is 0 Å². The molecule has 0 radical (unpaired) electrons. The Hall–Kier alpha value is -5.34. The van der Waals surface area contributed by atoms with E-state index in [2.05, 4.69) is 180 Å². The van der Waals surface area contributed by atoms with Crippen molar-refractivity contribution in [3.8, 4) is 11.1 Å². The number of benzene rings is 6. The van der Waals surface area contributed by atoms with Gasteiger partial charge < -0.3 is 9.80 Å². The van der Waals surface area contributed by atoms with E-state index in [4.69, 9.17) is 0 Å². The van der Waals surface area contributed by atoms with Crippen LogP contribution in [-0.2, 0) is 6.54 Å². The van der Waals surface area contributed by atoms with Crippen molar-refractivity contribution in [2.24, 2.45) is 0 Å². The van der Waals surface area contributed by atoms with Crippen LogP contribution in [0.4, 0.5) is 28.4 Å². The van der Waals surface area contributed by atoms with Gasteiger partial charge in [-0.05, 0) is 82.9 Å². The van der Waals surface area contributed by atoms with Gasteiger partial charge in [0.05, 0.1) is 0 Å². The molecule has 0 fully saturated rings. The SMILES string of the molecule is C=Cc1ccc(CN(c2ccccc2)c2ccc(-c3ccc(N(c4ccccc4)c4ccccc4)cc3)cc2)cc1. The lowest BCUT2D eigenvalue weighted by Crippen LogP contribution is -2.16. The molecule has 0 aliphatic heterocycles. The van der Waals surface area contributed by atoms with Gasteiger partial charge in [0.1, 0.15) is 0 Å². The molecule has 0 N–H and O–H groups in total. The highest BCUT2D eigenvalue weighted by atomic mass is 15.1. The molecule has 0 saturated heterocycles. The molecule has 41 heavy (non-hydrogen) atoms. The van der Waals surface area contributed by atoms with Crippen LogP contribution in [0.1, 0.15) is 11.1 Å². The van der Waals surface area contributed by atoms with Crippen molar-refractivity contribution in [3.63, 3.8) is 0 Å². The third-order valence-electron chi connectivity index (χ3n) is 7.29. The molecule has 0 heterocycles. The molecule has 0 saturated carbocycles. The largest absolute Gasteiger partial charge is 0.337 e. The highest BCUT2D eigenvalue weighted by Crippen LogP contribution is 2.36. The highest BCUT2D eigenvalue weighted by Gasteiger charge is 2.13. The minimum absolute atomic E-state index is 0.782. The maximum atomic E-state index is 3.88. The first-order valence-corrected chi connectivity index (χ1v) is 13.9. The number of nitrogens with zero attached hydrogens (tertiary/aromatic N) is 2. The van der Waals surface area contributed by atoms with Gasteiger partial charge in [-0.1, -0.05) is 116 Å². The van der Waals surface area contributed by atoms with Gasteiger partial charge in [0.15, 0.2) is 0 Å². The molecule has 0 aliphatic carbocycles.